The Morgan fingerprint density at radius 3 is 2.69 bits per heavy atom. The Bertz CT molecular complexity index is 1030. The molecule has 1 aliphatic carbocycles. The molecule has 0 radical (unpaired) electrons. The van der Waals surface area contributed by atoms with E-state index in [1.54, 1.807) is 30.6 Å². The molecule has 2 heterocycles. The molecule has 1 amide bonds. The number of fused-ring (bicyclic) bond motifs is 1. The lowest BCUT2D eigenvalue weighted by molar-refractivity contribution is -0.00257. The average molecular weight is 396 g/mol. The van der Waals surface area contributed by atoms with E-state index in [9.17, 15) is 14.3 Å². The highest BCUT2D eigenvalue weighted by Gasteiger charge is 2.31. The lowest BCUT2D eigenvalue weighted by atomic mass is 9.77. The van der Waals surface area contributed by atoms with Crippen LogP contribution in [0.25, 0.3) is 22.2 Å². The Morgan fingerprint density at radius 2 is 2.00 bits per heavy atom. The zero-order valence-corrected chi connectivity index (χ0v) is 16.6. The van der Waals surface area contributed by atoms with Gasteiger partial charge in [-0.2, -0.15) is 5.10 Å². The summed E-state index contributed by atoms with van der Waals surface area (Å²) >= 11 is 0. The molecule has 0 saturated heterocycles. The summed E-state index contributed by atoms with van der Waals surface area (Å²) in [7, 11) is 0. The van der Waals surface area contributed by atoms with Crippen molar-refractivity contribution in [3.63, 3.8) is 0 Å². The van der Waals surface area contributed by atoms with Crippen LogP contribution in [0.15, 0.2) is 36.7 Å². The summed E-state index contributed by atoms with van der Waals surface area (Å²) in [6.07, 6.45) is 6.56. The van der Waals surface area contributed by atoms with Gasteiger partial charge in [0, 0.05) is 28.8 Å². The van der Waals surface area contributed by atoms with E-state index in [1.165, 1.54) is 6.07 Å². The van der Waals surface area contributed by atoms with Crippen LogP contribution in [0.1, 0.15) is 49.9 Å². The molecule has 6 nitrogen and oxygen atoms in total. The minimum absolute atomic E-state index is 0.0465. The molecule has 1 saturated carbocycles. The normalized spacial score (nSPS) is 20.0. The van der Waals surface area contributed by atoms with Gasteiger partial charge in [-0.3, -0.25) is 14.9 Å². The smallest absolute Gasteiger partial charge is 0.251 e. The van der Waals surface area contributed by atoms with E-state index in [2.05, 4.69) is 20.5 Å². The van der Waals surface area contributed by atoms with Crippen LogP contribution in [0.5, 0.6) is 0 Å². The lowest BCUT2D eigenvalue weighted by Crippen LogP contribution is -2.41. The minimum atomic E-state index is -0.695. The number of rotatable bonds is 4. The molecular weight excluding hydrogens is 371 g/mol. The highest BCUT2D eigenvalue weighted by atomic mass is 19.1. The van der Waals surface area contributed by atoms with Gasteiger partial charge in [0.25, 0.3) is 5.91 Å². The molecule has 1 fully saturated rings. The third kappa shape index (κ3) is 4.00. The van der Waals surface area contributed by atoms with Crippen LogP contribution >= 0.6 is 0 Å². The largest absolute Gasteiger partial charge is 0.390 e. The number of H-pyrrole nitrogens is 1. The number of aliphatic hydroxyl groups is 1. The monoisotopic (exact) mass is 396 g/mol. The quantitative estimate of drug-likeness (QED) is 0.625. The van der Waals surface area contributed by atoms with Gasteiger partial charge < -0.3 is 10.4 Å². The van der Waals surface area contributed by atoms with Gasteiger partial charge in [-0.1, -0.05) is 0 Å². The van der Waals surface area contributed by atoms with Crippen molar-refractivity contribution in [2.45, 2.75) is 51.2 Å². The van der Waals surface area contributed by atoms with Crippen LogP contribution in [0.3, 0.4) is 0 Å². The first-order valence-corrected chi connectivity index (χ1v) is 9.94. The van der Waals surface area contributed by atoms with E-state index >= 15 is 0 Å². The number of carbonyl (C=O) groups excluding carboxylic acids is 1. The van der Waals surface area contributed by atoms with Gasteiger partial charge in [-0.15, -0.1) is 0 Å². The second-order valence-electron chi connectivity index (χ2n) is 8.36. The molecule has 0 bridgehead atoms. The fourth-order valence-corrected chi connectivity index (χ4v) is 4.14. The SMILES string of the molecule is CC(C)(O)[C@H]1CC[C@H](NC(=O)c2ccc(-c3nccc4[nH]ncc34)c(F)c2)CC1. The van der Waals surface area contributed by atoms with E-state index in [1.807, 2.05) is 13.8 Å². The summed E-state index contributed by atoms with van der Waals surface area (Å²) in [5, 5.41) is 20.7. The van der Waals surface area contributed by atoms with E-state index in [0.717, 1.165) is 36.6 Å². The first-order chi connectivity index (χ1) is 13.8. The molecule has 0 aliphatic heterocycles. The van der Waals surface area contributed by atoms with Crippen molar-refractivity contribution in [3.8, 4) is 11.3 Å². The van der Waals surface area contributed by atoms with Gasteiger partial charge in [0.1, 0.15) is 5.82 Å². The molecule has 1 aromatic carbocycles. The topological polar surface area (TPSA) is 90.9 Å². The fourth-order valence-electron chi connectivity index (χ4n) is 4.14. The van der Waals surface area contributed by atoms with Crippen LogP contribution in [0.2, 0.25) is 0 Å². The van der Waals surface area contributed by atoms with E-state index in [0.29, 0.717) is 11.3 Å². The van der Waals surface area contributed by atoms with Crippen LogP contribution in [-0.4, -0.2) is 37.8 Å². The third-order valence-corrected chi connectivity index (χ3v) is 5.92. The molecule has 3 aromatic rings. The Hall–Kier alpha value is -2.80. The van der Waals surface area contributed by atoms with E-state index in [4.69, 9.17) is 0 Å². The van der Waals surface area contributed by atoms with Gasteiger partial charge in [0.05, 0.1) is 23.0 Å². The number of aromatic nitrogens is 3. The number of halogens is 1. The molecule has 2 aromatic heterocycles. The minimum Gasteiger partial charge on any atom is -0.390 e. The maximum absolute atomic E-state index is 14.8. The number of aromatic amines is 1. The highest BCUT2D eigenvalue weighted by molar-refractivity contribution is 5.96. The van der Waals surface area contributed by atoms with E-state index in [-0.39, 0.29) is 23.4 Å². The van der Waals surface area contributed by atoms with Gasteiger partial charge in [-0.25, -0.2) is 4.39 Å². The number of pyridine rings is 1. The van der Waals surface area contributed by atoms with Crippen molar-refractivity contribution in [3.05, 3.63) is 48.0 Å². The van der Waals surface area contributed by atoms with Crippen LogP contribution in [-0.2, 0) is 0 Å². The summed E-state index contributed by atoms with van der Waals surface area (Å²) in [5.74, 6) is -0.535. The third-order valence-electron chi connectivity index (χ3n) is 5.92. The van der Waals surface area contributed by atoms with Gasteiger partial charge in [0.2, 0.25) is 0 Å². The Kier molecular flexibility index (Phi) is 5.08. The number of hydrogen-bond donors (Lipinski definition) is 3. The number of carbonyl (C=O) groups is 1. The Morgan fingerprint density at radius 1 is 1.24 bits per heavy atom. The predicted octanol–water partition coefficient (Wildman–Crippen LogP) is 3.82. The molecule has 0 atom stereocenters. The van der Waals surface area contributed by atoms with Crippen molar-refractivity contribution in [2.75, 3.05) is 0 Å². The van der Waals surface area contributed by atoms with Crippen molar-refractivity contribution in [1.82, 2.24) is 20.5 Å². The molecule has 3 N–H and O–H groups in total. The predicted molar refractivity (Wildman–Crippen MR) is 109 cm³/mol. The molecule has 1 aliphatic rings. The molecule has 0 unspecified atom stereocenters. The van der Waals surface area contributed by atoms with Gasteiger partial charge in [-0.05, 0) is 69.7 Å². The first-order valence-electron chi connectivity index (χ1n) is 9.94. The molecule has 4 rings (SSSR count). The summed E-state index contributed by atoms with van der Waals surface area (Å²) in [5.41, 5.74) is 1.19. The Balaban J connectivity index is 1.47. The first kappa shape index (κ1) is 19.5. The fraction of sp³-hybridized carbons (Fsp3) is 0.409. The number of hydrogen-bond acceptors (Lipinski definition) is 4. The van der Waals surface area contributed by atoms with E-state index < -0.39 is 11.4 Å². The summed E-state index contributed by atoms with van der Waals surface area (Å²) in [4.78, 5) is 16.9. The second-order valence-corrected chi connectivity index (χ2v) is 8.36. The standard InChI is InChI=1S/C22H25FN4O2/c1-22(2,29)14-4-6-15(7-5-14)26-21(28)13-3-8-16(18(23)11-13)20-17-12-25-27-19(17)9-10-24-20/h3,8-12,14-15,29H,4-7H2,1-2H3,(H,25,27)(H,26,28)/t14-,15-. The number of benzene rings is 1. The molecule has 7 heteroatoms. The lowest BCUT2D eigenvalue weighted by Gasteiger charge is -2.36. The van der Waals surface area contributed by atoms with Gasteiger partial charge >= 0.3 is 0 Å². The summed E-state index contributed by atoms with van der Waals surface area (Å²) in [6, 6.07) is 6.29. The second kappa shape index (κ2) is 7.55. The van der Waals surface area contributed by atoms with Crippen LogP contribution in [0.4, 0.5) is 4.39 Å². The number of nitrogens with zero attached hydrogens (tertiary/aromatic N) is 2. The molecule has 0 spiro atoms. The van der Waals surface area contributed by atoms with Crippen molar-refractivity contribution < 1.29 is 14.3 Å². The summed E-state index contributed by atoms with van der Waals surface area (Å²) < 4.78 is 14.8. The summed E-state index contributed by atoms with van der Waals surface area (Å²) in [6.45, 7) is 3.67. The zero-order valence-electron chi connectivity index (χ0n) is 16.6. The van der Waals surface area contributed by atoms with Gasteiger partial charge in [0.15, 0.2) is 0 Å². The Labute approximate surface area is 168 Å². The zero-order chi connectivity index (χ0) is 20.6. The average Bonchev–Trinajstić information content (AvgIpc) is 3.16. The highest BCUT2D eigenvalue weighted by Crippen LogP contribution is 2.33. The van der Waals surface area contributed by atoms with Crippen molar-refractivity contribution >= 4 is 16.8 Å². The molecule has 152 valence electrons. The maximum atomic E-state index is 14.8. The number of nitrogens with one attached hydrogen (secondary N) is 2. The molecule has 29 heavy (non-hydrogen) atoms. The van der Waals surface area contributed by atoms with Crippen molar-refractivity contribution in [1.29, 1.82) is 0 Å². The van der Waals surface area contributed by atoms with Crippen LogP contribution < -0.4 is 5.32 Å². The maximum Gasteiger partial charge on any atom is 0.251 e. The van der Waals surface area contributed by atoms with Crippen LogP contribution in [0, 0.1) is 11.7 Å². The number of amides is 1. The molecular formula is C22H25FN4O2. The van der Waals surface area contributed by atoms with Crippen molar-refractivity contribution in [2.24, 2.45) is 5.92 Å².